The summed E-state index contributed by atoms with van der Waals surface area (Å²) < 4.78 is 3.81. The van der Waals surface area contributed by atoms with Crippen molar-refractivity contribution < 1.29 is 4.79 Å². The average Bonchev–Trinajstić information content (AvgIpc) is 3.32. The fraction of sp³-hybridized carbons (Fsp3) is 0.474. The molecule has 2 N–H and O–H groups in total. The molecule has 0 aliphatic carbocycles. The molecule has 0 unspecified atom stereocenters. The summed E-state index contributed by atoms with van der Waals surface area (Å²) >= 11 is 0. The number of aromatic nitrogens is 5. The first-order valence-electron chi connectivity index (χ1n) is 9.54. The number of hydrogen-bond donors (Lipinski definition) is 1. The molecular weight excluding hydrogens is 342 g/mol. The van der Waals surface area contributed by atoms with Crippen LogP contribution in [0.5, 0.6) is 0 Å². The van der Waals surface area contributed by atoms with Gasteiger partial charge >= 0.3 is 0 Å². The first-order valence-corrected chi connectivity index (χ1v) is 9.54. The molecule has 1 fully saturated rings. The number of fused-ring (bicyclic) bond motifs is 1. The van der Waals surface area contributed by atoms with E-state index >= 15 is 0 Å². The van der Waals surface area contributed by atoms with Gasteiger partial charge in [-0.1, -0.05) is 0 Å². The lowest BCUT2D eigenvalue weighted by molar-refractivity contribution is 0.0684. The molecule has 1 aliphatic heterocycles. The number of carbonyl (C=O) groups is 1. The smallest absolute Gasteiger partial charge is 0.255 e. The monoisotopic (exact) mass is 367 g/mol. The normalized spacial score (nSPS) is 15.5. The number of pyridine rings is 1. The maximum absolute atomic E-state index is 12.9. The lowest BCUT2D eigenvalue weighted by Gasteiger charge is -2.32. The number of nitrogen functional groups attached to an aromatic ring is 1. The minimum Gasteiger partial charge on any atom is -0.369 e. The van der Waals surface area contributed by atoms with Crippen molar-refractivity contribution in [3.05, 3.63) is 36.3 Å². The van der Waals surface area contributed by atoms with Gasteiger partial charge in [0, 0.05) is 44.8 Å². The van der Waals surface area contributed by atoms with Gasteiger partial charge in [-0.05, 0) is 44.2 Å². The zero-order chi connectivity index (χ0) is 18.8. The van der Waals surface area contributed by atoms with Crippen LogP contribution < -0.4 is 5.73 Å². The topological polar surface area (TPSA) is 94.9 Å². The summed E-state index contributed by atoms with van der Waals surface area (Å²) in [6.45, 7) is 5.20. The van der Waals surface area contributed by atoms with Crippen LogP contribution in [-0.2, 0) is 13.1 Å². The third-order valence-electron chi connectivity index (χ3n) is 5.41. The van der Waals surface area contributed by atoms with Crippen LogP contribution in [0.3, 0.4) is 0 Å². The van der Waals surface area contributed by atoms with E-state index in [9.17, 15) is 4.79 Å². The lowest BCUT2D eigenvalue weighted by atomic mass is 9.93. The fourth-order valence-corrected chi connectivity index (χ4v) is 3.81. The van der Waals surface area contributed by atoms with Crippen molar-refractivity contribution in [1.82, 2.24) is 29.2 Å². The van der Waals surface area contributed by atoms with Crippen LogP contribution in [0, 0.1) is 5.92 Å². The van der Waals surface area contributed by atoms with E-state index in [1.165, 1.54) is 0 Å². The summed E-state index contributed by atoms with van der Waals surface area (Å²) in [5.41, 5.74) is 7.90. The highest BCUT2D eigenvalue weighted by atomic mass is 16.2. The van der Waals surface area contributed by atoms with Gasteiger partial charge in [0.2, 0.25) is 5.95 Å². The summed E-state index contributed by atoms with van der Waals surface area (Å²) in [6, 6.07) is 3.75. The standard InChI is InChI=1S/C19H25N7O/c1-2-26-17-16(23-19(26)20)12-15(13-21-17)18(27)24-9-4-14(5-10-24)6-11-25-8-3-7-22-25/h3,7-8,12-14H,2,4-6,9-11H2,1H3,(H2,20,23). The Hall–Kier alpha value is -2.90. The Morgan fingerprint density at radius 1 is 1.33 bits per heavy atom. The summed E-state index contributed by atoms with van der Waals surface area (Å²) in [5.74, 6) is 1.10. The highest BCUT2D eigenvalue weighted by Gasteiger charge is 2.24. The minimum atomic E-state index is 0.0274. The van der Waals surface area contributed by atoms with Gasteiger partial charge in [0.05, 0.1) is 5.56 Å². The van der Waals surface area contributed by atoms with E-state index in [-0.39, 0.29) is 5.91 Å². The lowest BCUT2D eigenvalue weighted by Crippen LogP contribution is -2.38. The quantitative estimate of drug-likeness (QED) is 0.746. The minimum absolute atomic E-state index is 0.0274. The number of nitrogens with two attached hydrogens (primary N) is 1. The highest BCUT2D eigenvalue weighted by molar-refractivity contribution is 5.96. The number of imidazole rings is 1. The van der Waals surface area contributed by atoms with Crippen LogP contribution in [0.15, 0.2) is 30.7 Å². The number of hydrogen-bond acceptors (Lipinski definition) is 5. The molecule has 4 heterocycles. The maximum atomic E-state index is 12.9. The number of aryl methyl sites for hydroxylation is 2. The molecule has 1 amide bonds. The zero-order valence-electron chi connectivity index (χ0n) is 15.6. The van der Waals surface area contributed by atoms with Crippen molar-refractivity contribution in [2.75, 3.05) is 18.8 Å². The Bertz CT molecular complexity index is 923. The van der Waals surface area contributed by atoms with E-state index in [2.05, 4.69) is 15.1 Å². The third kappa shape index (κ3) is 3.51. The van der Waals surface area contributed by atoms with Gasteiger partial charge in [0.25, 0.3) is 5.91 Å². The van der Waals surface area contributed by atoms with Gasteiger partial charge in [-0.2, -0.15) is 5.10 Å². The van der Waals surface area contributed by atoms with E-state index in [0.29, 0.717) is 29.5 Å². The maximum Gasteiger partial charge on any atom is 0.255 e. The Kier molecular flexibility index (Phi) is 4.79. The Morgan fingerprint density at radius 2 is 2.15 bits per heavy atom. The zero-order valence-corrected chi connectivity index (χ0v) is 15.6. The second-order valence-corrected chi connectivity index (χ2v) is 7.07. The number of carbonyl (C=O) groups excluding carboxylic acids is 1. The predicted octanol–water partition coefficient (Wildman–Crippen LogP) is 2.17. The molecule has 3 aromatic heterocycles. The summed E-state index contributed by atoms with van der Waals surface area (Å²) in [6.07, 6.45) is 8.60. The number of likely N-dealkylation sites (tertiary alicyclic amines) is 1. The van der Waals surface area contributed by atoms with Crippen molar-refractivity contribution >= 4 is 23.0 Å². The first kappa shape index (κ1) is 17.5. The number of nitrogens with zero attached hydrogens (tertiary/aromatic N) is 6. The van der Waals surface area contributed by atoms with Crippen molar-refractivity contribution in [2.24, 2.45) is 5.92 Å². The van der Waals surface area contributed by atoms with Crippen LogP contribution in [0.25, 0.3) is 11.2 Å². The van der Waals surface area contributed by atoms with Crippen molar-refractivity contribution in [2.45, 2.75) is 39.3 Å². The molecule has 0 atom stereocenters. The van der Waals surface area contributed by atoms with E-state index in [1.54, 1.807) is 12.3 Å². The second-order valence-electron chi connectivity index (χ2n) is 7.07. The van der Waals surface area contributed by atoms with E-state index in [4.69, 9.17) is 5.73 Å². The summed E-state index contributed by atoms with van der Waals surface area (Å²) in [4.78, 5) is 23.5. The molecule has 0 saturated carbocycles. The Morgan fingerprint density at radius 3 is 2.85 bits per heavy atom. The van der Waals surface area contributed by atoms with E-state index < -0.39 is 0 Å². The van der Waals surface area contributed by atoms with E-state index in [1.807, 2.05) is 39.5 Å². The SMILES string of the molecule is CCn1c(N)nc2cc(C(=O)N3CCC(CCn4cccn4)CC3)cnc21. The van der Waals surface area contributed by atoms with Crippen molar-refractivity contribution in [3.63, 3.8) is 0 Å². The summed E-state index contributed by atoms with van der Waals surface area (Å²) in [5, 5.41) is 4.25. The van der Waals surface area contributed by atoms with Crippen LogP contribution in [0.2, 0.25) is 0 Å². The molecule has 142 valence electrons. The first-order chi connectivity index (χ1) is 13.2. The van der Waals surface area contributed by atoms with E-state index in [0.717, 1.165) is 44.5 Å². The van der Waals surface area contributed by atoms with Crippen LogP contribution in [-0.4, -0.2) is 48.2 Å². The molecular formula is C19H25N7O. The average molecular weight is 367 g/mol. The van der Waals surface area contributed by atoms with Gasteiger partial charge in [0.1, 0.15) is 5.52 Å². The predicted molar refractivity (Wildman–Crippen MR) is 103 cm³/mol. The molecule has 8 nitrogen and oxygen atoms in total. The molecule has 0 bridgehead atoms. The number of anilines is 1. The molecule has 0 aromatic carbocycles. The van der Waals surface area contributed by atoms with Gasteiger partial charge in [-0.25, -0.2) is 9.97 Å². The molecule has 27 heavy (non-hydrogen) atoms. The molecule has 1 aliphatic rings. The fourth-order valence-electron chi connectivity index (χ4n) is 3.81. The van der Waals surface area contributed by atoms with Crippen LogP contribution in [0.1, 0.15) is 36.5 Å². The number of piperidine rings is 1. The van der Waals surface area contributed by atoms with Crippen LogP contribution in [0.4, 0.5) is 5.95 Å². The Labute approximate surface area is 158 Å². The highest BCUT2D eigenvalue weighted by Crippen LogP contribution is 2.23. The van der Waals surface area contributed by atoms with Gasteiger partial charge in [-0.15, -0.1) is 0 Å². The molecule has 0 radical (unpaired) electrons. The van der Waals surface area contributed by atoms with Gasteiger partial charge < -0.3 is 10.6 Å². The molecule has 3 aromatic rings. The molecule has 0 spiro atoms. The number of amides is 1. The van der Waals surface area contributed by atoms with Crippen LogP contribution >= 0.6 is 0 Å². The number of rotatable bonds is 5. The van der Waals surface area contributed by atoms with Gasteiger partial charge in [-0.3, -0.25) is 14.0 Å². The Balaban J connectivity index is 1.38. The molecule has 4 rings (SSSR count). The largest absolute Gasteiger partial charge is 0.369 e. The summed E-state index contributed by atoms with van der Waals surface area (Å²) in [7, 11) is 0. The second kappa shape index (κ2) is 7.38. The van der Waals surface area contributed by atoms with Gasteiger partial charge in [0.15, 0.2) is 5.65 Å². The molecule has 1 saturated heterocycles. The van der Waals surface area contributed by atoms with Crippen molar-refractivity contribution in [1.29, 1.82) is 0 Å². The molecule has 8 heteroatoms. The van der Waals surface area contributed by atoms with Crippen molar-refractivity contribution in [3.8, 4) is 0 Å². The third-order valence-corrected chi connectivity index (χ3v) is 5.41.